The first kappa shape index (κ1) is 17.1. The molecule has 124 valence electrons. The second kappa shape index (κ2) is 7.33. The first-order chi connectivity index (χ1) is 10.9. The highest BCUT2D eigenvalue weighted by Gasteiger charge is 2.15. The maximum Gasteiger partial charge on any atom is 0.287 e. The zero-order valence-electron chi connectivity index (χ0n) is 13.9. The Labute approximate surface area is 136 Å². The van der Waals surface area contributed by atoms with Crippen LogP contribution in [0.25, 0.3) is 0 Å². The Kier molecular flexibility index (Phi) is 5.45. The normalized spacial score (nSPS) is 12.3. The van der Waals surface area contributed by atoms with Gasteiger partial charge in [-0.3, -0.25) is 4.79 Å². The molecule has 0 aliphatic rings. The monoisotopic (exact) mass is 317 g/mol. The fourth-order valence-electron chi connectivity index (χ4n) is 2.15. The number of carbonyl (C=O) groups excluding carboxylic acids is 1. The first-order valence-electron chi connectivity index (χ1n) is 7.66. The zero-order valence-corrected chi connectivity index (χ0v) is 13.9. The number of rotatable bonds is 6. The summed E-state index contributed by atoms with van der Waals surface area (Å²) in [6, 6.07) is 8.91. The molecule has 1 aromatic heterocycles. The van der Waals surface area contributed by atoms with E-state index in [1.807, 2.05) is 32.9 Å². The van der Waals surface area contributed by atoms with E-state index in [0.717, 1.165) is 5.56 Å². The molecule has 0 bridgehead atoms. The molecule has 1 unspecified atom stereocenters. The maximum atomic E-state index is 12.0. The lowest BCUT2D eigenvalue weighted by Crippen LogP contribution is -2.28. The van der Waals surface area contributed by atoms with Gasteiger partial charge in [0, 0.05) is 6.54 Å². The minimum absolute atomic E-state index is 0.0625. The van der Waals surface area contributed by atoms with Crippen LogP contribution in [0.4, 0.5) is 0 Å². The summed E-state index contributed by atoms with van der Waals surface area (Å²) < 4.78 is 11.0. The lowest BCUT2D eigenvalue weighted by molar-refractivity contribution is 0.0887. The average molecular weight is 317 g/mol. The number of carbonyl (C=O) groups is 1. The fraction of sp³-hybridized carbons (Fsp3) is 0.389. The molecule has 23 heavy (non-hydrogen) atoms. The molecule has 0 saturated heterocycles. The maximum absolute atomic E-state index is 12.0. The van der Waals surface area contributed by atoms with Crippen LogP contribution in [0, 0.1) is 13.8 Å². The highest BCUT2D eigenvalue weighted by atomic mass is 16.5. The van der Waals surface area contributed by atoms with E-state index < -0.39 is 6.10 Å². The standard InChI is InChI=1S/C18H23NO4/c1-11(2)22-15-7-5-6-14(9-15)16(20)10-19-18(21)17-8-12(3)13(4)23-17/h5-9,11,16,20H,10H2,1-4H3,(H,19,21). The summed E-state index contributed by atoms with van der Waals surface area (Å²) in [5.74, 6) is 1.33. The molecular weight excluding hydrogens is 294 g/mol. The highest BCUT2D eigenvalue weighted by Crippen LogP contribution is 2.20. The predicted octanol–water partition coefficient (Wildman–Crippen LogP) is 3.15. The van der Waals surface area contributed by atoms with E-state index in [2.05, 4.69) is 5.32 Å². The molecule has 5 nitrogen and oxygen atoms in total. The van der Waals surface area contributed by atoms with Crippen molar-refractivity contribution in [1.82, 2.24) is 5.32 Å². The van der Waals surface area contributed by atoms with E-state index in [1.165, 1.54) is 0 Å². The number of hydrogen-bond donors (Lipinski definition) is 2. The number of aliphatic hydroxyl groups is 1. The molecule has 5 heteroatoms. The SMILES string of the molecule is Cc1cc(C(=O)NCC(O)c2cccc(OC(C)C)c2)oc1C. The van der Waals surface area contributed by atoms with Crippen LogP contribution in [0.3, 0.4) is 0 Å². The second-order valence-corrected chi connectivity index (χ2v) is 5.81. The van der Waals surface area contributed by atoms with Gasteiger partial charge in [-0.2, -0.15) is 0 Å². The van der Waals surface area contributed by atoms with Crippen LogP contribution in [0.1, 0.15) is 47.4 Å². The molecule has 0 saturated carbocycles. The number of amides is 1. The summed E-state index contributed by atoms with van der Waals surface area (Å²) >= 11 is 0. The van der Waals surface area contributed by atoms with Crippen LogP contribution in [0.5, 0.6) is 5.75 Å². The molecule has 0 aliphatic heterocycles. The summed E-state index contributed by atoms with van der Waals surface area (Å²) in [5, 5.41) is 12.9. The van der Waals surface area contributed by atoms with Gasteiger partial charge in [0.15, 0.2) is 5.76 Å². The van der Waals surface area contributed by atoms with E-state index in [0.29, 0.717) is 17.1 Å². The molecule has 0 fully saturated rings. The molecular formula is C18H23NO4. The Morgan fingerprint density at radius 2 is 2.04 bits per heavy atom. The van der Waals surface area contributed by atoms with E-state index in [-0.39, 0.29) is 24.3 Å². The fourth-order valence-corrected chi connectivity index (χ4v) is 2.15. The largest absolute Gasteiger partial charge is 0.491 e. The zero-order chi connectivity index (χ0) is 17.0. The van der Waals surface area contributed by atoms with Crippen molar-refractivity contribution in [2.45, 2.75) is 39.9 Å². The van der Waals surface area contributed by atoms with Gasteiger partial charge in [0.1, 0.15) is 11.5 Å². The number of hydrogen-bond acceptors (Lipinski definition) is 4. The van der Waals surface area contributed by atoms with Crippen molar-refractivity contribution in [3.8, 4) is 5.75 Å². The van der Waals surface area contributed by atoms with Crippen molar-refractivity contribution in [2.24, 2.45) is 0 Å². The summed E-state index contributed by atoms with van der Waals surface area (Å²) in [5.41, 5.74) is 1.62. The predicted molar refractivity (Wildman–Crippen MR) is 87.7 cm³/mol. The Bertz CT molecular complexity index is 656. The molecule has 0 spiro atoms. The van der Waals surface area contributed by atoms with E-state index in [9.17, 15) is 9.90 Å². The summed E-state index contributed by atoms with van der Waals surface area (Å²) in [7, 11) is 0. The van der Waals surface area contributed by atoms with Gasteiger partial charge in [-0.25, -0.2) is 0 Å². The molecule has 2 aromatic rings. The van der Waals surface area contributed by atoms with Crippen molar-refractivity contribution in [2.75, 3.05) is 6.54 Å². The van der Waals surface area contributed by atoms with Gasteiger partial charge in [-0.1, -0.05) is 12.1 Å². The van der Waals surface area contributed by atoms with Crippen LogP contribution in [-0.4, -0.2) is 23.7 Å². The quantitative estimate of drug-likeness (QED) is 0.858. The van der Waals surface area contributed by atoms with Crippen LogP contribution in [0.2, 0.25) is 0 Å². The summed E-state index contributed by atoms with van der Waals surface area (Å²) in [6.45, 7) is 7.67. The molecule has 1 heterocycles. The second-order valence-electron chi connectivity index (χ2n) is 5.81. The molecule has 0 aliphatic carbocycles. The lowest BCUT2D eigenvalue weighted by Gasteiger charge is -2.14. The summed E-state index contributed by atoms with van der Waals surface area (Å²) in [4.78, 5) is 12.0. The molecule has 2 rings (SSSR count). The van der Waals surface area contributed by atoms with E-state index in [1.54, 1.807) is 25.1 Å². The number of furan rings is 1. The third-order valence-corrected chi connectivity index (χ3v) is 3.46. The average Bonchev–Trinajstić information content (AvgIpc) is 2.83. The van der Waals surface area contributed by atoms with Gasteiger partial charge in [-0.05, 0) is 57.0 Å². The lowest BCUT2D eigenvalue weighted by atomic mass is 10.1. The Balaban J connectivity index is 1.96. The van der Waals surface area contributed by atoms with Gasteiger partial charge in [0.2, 0.25) is 0 Å². The van der Waals surface area contributed by atoms with Crippen molar-refractivity contribution < 1.29 is 19.1 Å². The molecule has 1 atom stereocenters. The molecule has 1 aromatic carbocycles. The number of benzene rings is 1. The van der Waals surface area contributed by atoms with Crippen molar-refractivity contribution in [1.29, 1.82) is 0 Å². The number of ether oxygens (including phenoxy) is 1. The van der Waals surface area contributed by atoms with Gasteiger partial charge in [0.25, 0.3) is 5.91 Å². The third-order valence-electron chi connectivity index (χ3n) is 3.46. The van der Waals surface area contributed by atoms with Gasteiger partial charge < -0.3 is 19.6 Å². The number of nitrogens with one attached hydrogen (secondary N) is 1. The minimum atomic E-state index is -0.813. The van der Waals surface area contributed by atoms with E-state index >= 15 is 0 Å². The number of aliphatic hydroxyl groups excluding tert-OH is 1. The van der Waals surface area contributed by atoms with Crippen LogP contribution >= 0.6 is 0 Å². The van der Waals surface area contributed by atoms with E-state index in [4.69, 9.17) is 9.15 Å². The van der Waals surface area contributed by atoms with Gasteiger partial charge in [0.05, 0.1) is 12.2 Å². The number of aryl methyl sites for hydroxylation is 2. The smallest absolute Gasteiger partial charge is 0.287 e. The molecule has 2 N–H and O–H groups in total. The van der Waals surface area contributed by atoms with Gasteiger partial charge in [-0.15, -0.1) is 0 Å². The molecule has 1 amide bonds. The van der Waals surface area contributed by atoms with Crippen molar-refractivity contribution in [3.63, 3.8) is 0 Å². The minimum Gasteiger partial charge on any atom is -0.491 e. The molecule has 0 radical (unpaired) electrons. The van der Waals surface area contributed by atoms with Gasteiger partial charge >= 0.3 is 0 Å². The van der Waals surface area contributed by atoms with Crippen molar-refractivity contribution >= 4 is 5.91 Å². The van der Waals surface area contributed by atoms with Crippen molar-refractivity contribution in [3.05, 3.63) is 53.0 Å². The van der Waals surface area contributed by atoms with Crippen LogP contribution < -0.4 is 10.1 Å². The first-order valence-corrected chi connectivity index (χ1v) is 7.66. The summed E-state index contributed by atoms with van der Waals surface area (Å²) in [6.07, 6.45) is -0.751. The van der Waals surface area contributed by atoms with Crippen LogP contribution in [0.15, 0.2) is 34.7 Å². The Morgan fingerprint density at radius 1 is 1.30 bits per heavy atom. The van der Waals surface area contributed by atoms with Crippen LogP contribution in [-0.2, 0) is 0 Å². The third kappa shape index (κ3) is 4.60. The Hall–Kier alpha value is -2.27. The highest BCUT2D eigenvalue weighted by molar-refractivity contribution is 5.91. The Morgan fingerprint density at radius 3 is 2.65 bits per heavy atom. The topological polar surface area (TPSA) is 71.7 Å².